The molecule has 2 amide bonds. The van der Waals surface area contributed by atoms with Crippen molar-refractivity contribution in [3.8, 4) is 11.1 Å². The lowest BCUT2D eigenvalue weighted by molar-refractivity contribution is -0.144. The van der Waals surface area contributed by atoms with E-state index in [1.54, 1.807) is 24.3 Å². The van der Waals surface area contributed by atoms with Gasteiger partial charge in [-0.25, -0.2) is 0 Å². The van der Waals surface area contributed by atoms with Crippen LogP contribution in [0.5, 0.6) is 0 Å². The molecule has 0 saturated heterocycles. The first-order valence-corrected chi connectivity index (χ1v) is 12.4. The second-order valence-corrected chi connectivity index (χ2v) is 10.3. The maximum atomic E-state index is 13.5. The Bertz CT molecular complexity index is 1410. The summed E-state index contributed by atoms with van der Waals surface area (Å²) < 4.78 is 0. The molecule has 0 spiro atoms. The number of nitrogens with one attached hydrogen (secondary N) is 1. The summed E-state index contributed by atoms with van der Waals surface area (Å²) in [6.07, 6.45) is -1.67. The van der Waals surface area contributed by atoms with Crippen LogP contribution in [-0.4, -0.2) is 50.9 Å². The smallest absolute Gasteiger partial charge is 0.322 e. The summed E-state index contributed by atoms with van der Waals surface area (Å²) in [6, 6.07) is 23.8. The van der Waals surface area contributed by atoms with Crippen LogP contribution in [0.15, 0.2) is 90.3 Å². The van der Waals surface area contributed by atoms with Crippen molar-refractivity contribution in [2.45, 2.75) is 39.1 Å². The molecular formula is C30H31N3O6. The van der Waals surface area contributed by atoms with Crippen LogP contribution in [0.3, 0.4) is 0 Å². The zero-order valence-electron chi connectivity index (χ0n) is 22.0. The molecule has 1 aliphatic heterocycles. The molecular weight excluding hydrogens is 498 g/mol. The maximum Gasteiger partial charge on any atom is 0.322 e. The number of aliphatic hydroxyl groups is 2. The van der Waals surface area contributed by atoms with Gasteiger partial charge in [0.2, 0.25) is 12.2 Å². The highest BCUT2D eigenvalue weighted by molar-refractivity contribution is 6.20. The average molecular weight is 530 g/mol. The Hall–Kier alpha value is -4.63. The van der Waals surface area contributed by atoms with Crippen LogP contribution in [0.2, 0.25) is 0 Å². The monoisotopic (exact) mass is 529 g/mol. The van der Waals surface area contributed by atoms with Crippen molar-refractivity contribution in [2.75, 3.05) is 11.4 Å². The topological polar surface area (TPSA) is 130 Å². The van der Waals surface area contributed by atoms with Gasteiger partial charge < -0.3 is 20.6 Å². The highest BCUT2D eigenvalue weighted by atomic mass is 16.4. The standard InChI is InChI=1S/C30H31N3O6/c1-30(2,3)21-15-13-19(14-16-21)18-32-27(37)25(26(36)31-17-24(34)35)28(38)33(29(32)39)23-12-8-7-11-22(23)20-9-5-4-6-10-20/h4-16,29,38-39H,17-18H2,1-3H3,(H,31,36)(H,34,35). The van der Waals surface area contributed by atoms with Gasteiger partial charge in [-0.2, -0.15) is 0 Å². The normalized spacial score (nSPS) is 15.9. The lowest BCUT2D eigenvalue weighted by atomic mass is 9.87. The van der Waals surface area contributed by atoms with E-state index in [2.05, 4.69) is 26.1 Å². The van der Waals surface area contributed by atoms with Gasteiger partial charge in [-0.15, -0.1) is 0 Å². The number of carbonyl (C=O) groups is 3. The number of aliphatic hydroxyl groups excluding tert-OH is 2. The molecule has 1 aliphatic rings. The van der Waals surface area contributed by atoms with Crippen molar-refractivity contribution in [3.05, 3.63) is 101 Å². The Morgan fingerprint density at radius 2 is 1.54 bits per heavy atom. The summed E-state index contributed by atoms with van der Waals surface area (Å²) >= 11 is 0. The number of amides is 2. The molecule has 0 aromatic heterocycles. The van der Waals surface area contributed by atoms with Crippen molar-refractivity contribution in [2.24, 2.45) is 0 Å². The molecule has 1 atom stereocenters. The van der Waals surface area contributed by atoms with E-state index in [4.69, 9.17) is 5.11 Å². The van der Waals surface area contributed by atoms with Gasteiger partial charge in [0.25, 0.3) is 11.8 Å². The Kier molecular flexibility index (Phi) is 7.73. The molecule has 3 aromatic rings. The predicted octanol–water partition coefficient (Wildman–Crippen LogP) is 3.75. The van der Waals surface area contributed by atoms with Crippen LogP contribution >= 0.6 is 0 Å². The van der Waals surface area contributed by atoms with Crippen molar-refractivity contribution >= 4 is 23.5 Å². The fourth-order valence-corrected chi connectivity index (χ4v) is 4.40. The number of carbonyl (C=O) groups excluding carboxylic acids is 2. The molecule has 0 bridgehead atoms. The fraction of sp³-hybridized carbons (Fsp3) is 0.233. The molecule has 4 N–H and O–H groups in total. The number of nitrogens with zero attached hydrogens (tertiary/aromatic N) is 2. The number of hydrogen-bond acceptors (Lipinski definition) is 6. The van der Waals surface area contributed by atoms with Crippen LogP contribution in [0.4, 0.5) is 5.69 Å². The van der Waals surface area contributed by atoms with Crippen LogP contribution in [0.1, 0.15) is 31.9 Å². The third kappa shape index (κ3) is 5.78. The average Bonchev–Trinajstić information content (AvgIpc) is 2.90. The number of para-hydroxylation sites is 1. The Morgan fingerprint density at radius 1 is 0.923 bits per heavy atom. The van der Waals surface area contributed by atoms with Crippen molar-refractivity contribution in [1.29, 1.82) is 0 Å². The fourth-order valence-electron chi connectivity index (χ4n) is 4.40. The first-order chi connectivity index (χ1) is 18.5. The molecule has 1 heterocycles. The van der Waals surface area contributed by atoms with Crippen LogP contribution in [0, 0.1) is 0 Å². The van der Waals surface area contributed by atoms with E-state index in [0.29, 0.717) is 16.8 Å². The largest absolute Gasteiger partial charge is 0.494 e. The van der Waals surface area contributed by atoms with E-state index in [1.165, 1.54) is 0 Å². The molecule has 0 radical (unpaired) electrons. The van der Waals surface area contributed by atoms with Crippen LogP contribution < -0.4 is 10.2 Å². The minimum Gasteiger partial charge on any atom is -0.494 e. The molecule has 0 aliphatic carbocycles. The lowest BCUT2D eigenvalue weighted by Gasteiger charge is -2.41. The second kappa shape index (κ2) is 11.0. The third-order valence-electron chi connectivity index (χ3n) is 6.48. The molecule has 0 fully saturated rings. The Balaban J connectivity index is 1.80. The molecule has 39 heavy (non-hydrogen) atoms. The predicted molar refractivity (Wildman–Crippen MR) is 146 cm³/mol. The van der Waals surface area contributed by atoms with E-state index in [0.717, 1.165) is 20.9 Å². The molecule has 4 rings (SSSR count). The summed E-state index contributed by atoms with van der Waals surface area (Å²) in [5.41, 5.74) is 2.79. The highest BCUT2D eigenvalue weighted by Crippen LogP contribution is 2.37. The Labute approximate surface area is 226 Å². The summed E-state index contributed by atoms with van der Waals surface area (Å²) in [6.45, 7) is 5.42. The summed E-state index contributed by atoms with van der Waals surface area (Å²) in [4.78, 5) is 39.7. The Morgan fingerprint density at radius 3 is 2.15 bits per heavy atom. The minimum atomic E-state index is -1.67. The lowest BCUT2D eigenvalue weighted by Crippen LogP contribution is -2.57. The number of benzene rings is 3. The first-order valence-electron chi connectivity index (χ1n) is 12.4. The van der Waals surface area contributed by atoms with Gasteiger partial charge in [-0.05, 0) is 28.2 Å². The first kappa shape index (κ1) is 27.4. The van der Waals surface area contributed by atoms with Gasteiger partial charge in [0, 0.05) is 5.56 Å². The number of rotatable bonds is 7. The third-order valence-corrected chi connectivity index (χ3v) is 6.48. The van der Waals surface area contributed by atoms with Gasteiger partial charge in [0.15, 0.2) is 5.57 Å². The van der Waals surface area contributed by atoms with E-state index in [1.807, 2.05) is 54.6 Å². The summed E-state index contributed by atoms with van der Waals surface area (Å²) in [5.74, 6) is -4.09. The quantitative estimate of drug-likeness (QED) is 0.343. The summed E-state index contributed by atoms with van der Waals surface area (Å²) in [7, 11) is 0. The number of hydrogen-bond donors (Lipinski definition) is 4. The second-order valence-electron chi connectivity index (χ2n) is 10.3. The van der Waals surface area contributed by atoms with Gasteiger partial charge in [0.05, 0.1) is 12.2 Å². The number of anilines is 1. The van der Waals surface area contributed by atoms with E-state index in [-0.39, 0.29) is 12.0 Å². The zero-order chi connectivity index (χ0) is 28.3. The summed E-state index contributed by atoms with van der Waals surface area (Å²) in [5, 5.41) is 33.9. The van der Waals surface area contributed by atoms with Crippen LogP contribution in [0.25, 0.3) is 11.1 Å². The van der Waals surface area contributed by atoms with E-state index in [9.17, 15) is 24.6 Å². The van der Waals surface area contributed by atoms with Gasteiger partial charge in [0.1, 0.15) is 6.54 Å². The van der Waals surface area contributed by atoms with Gasteiger partial charge in [-0.1, -0.05) is 93.6 Å². The van der Waals surface area contributed by atoms with Crippen LogP contribution in [-0.2, 0) is 26.3 Å². The molecule has 202 valence electrons. The zero-order valence-corrected chi connectivity index (χ0v) is 22.0. The molecule has 9 heteroatoms. The SMILES string of the molecule is CC(C)(C)c1ccc(CN2C(=O)C(C(=O)NCC(=O)O)=C(O)N(c3ccccc3-c3ccccc3)C2O)cc1. The number of carboxylic acid groups (broad SMARTS) is 1. The highest BCUT2D eigenvalue weighted by Gasteiger charge is 2.43. The van der Waals surface area contributed by atoms with Gasteiger partial charge in [-0.3, -0.25) is 24.2 Å². The van der Waals surface area contributed by atoms with E-state index < -0.39 is 42.1 Å². The molecule has 3 aromatic carbocycles. The number of carboxylic acids is 1. The van der Waals surface area contributed by atoms with E-state index >= 15 is 0 Å². The van der Waals surface area contributed by atoms with Gasteiger partial charge >= 0.3 is 5.97 Å². The van der Waals surface area contributed by atoms with Crippen molar-refractivity contribution in [3.63, 3.8) is 0 Å². The van der Waals surface area contributed by atoms with Crippen molar-refractivity contribution in [1.82, 2.24) is 10.2 Å². The minimum absolute atomic E-state index is 0.0720. The molecule has 9 nitrogen and oxygen atoms in total. The maximum absolute atomic E-state index is 13.5. The molecule has 1 unspecified atom stereocenters. The molecule has 0 saturated carbocycles. The van der Waals surface area contributed by atoms with Crippen molar-refractivity contribution < 1.29 is 29.7 Å². The number of aliphatic carboxylic acids is 1.